The van der Waals surface area contributed by atoms with Crippen LogP contribution in [0, 0.1) is 17.8 Å². The lowest BCUT2D eigenvalue weighted by Crippen LogP contribution is -2.55. The molecule has 8 atom stereocenters. The summed E-state index contributed by atoms with van der Waals surface area (Å²) in [5.41, 5.74) is 0. The Kier molecular flexibility index (Phi) is 12.1. The molecule has 0 spiro atoms. The quantitative estimate of drug-likeness (QED) is 0.300. The summed E-state index contributed by atoms with van der Waals surface area (Å²) in [6.45, 7) is 9.77. The average Bonchev–Trinajstić information content (AvgIpc) is 3.32. The van der Waals surface area contributed by atoms with Gasteiger partial charge in [0.1, 0.15) is 24.2 Å². The third kappa shape index (κ3) is 8.20. The maximum absolute atomic E-state index is 14.0. The minimum atomic E-state index is -0.830. The lowest BCUT2D eigenvalue weighted by Gasteiger charge is -2.35. The van der Waals surface area contributed by atoms with E-state index in [0.717, 1.165) is 44.9 Å². The second-order valence-corrected chi connectivity index (χ2v) is 12.5. The van der Waals surface area contributed by atoms with Gasteiger partial charge in [0.2, 0.25) is 17.7 Å². The van der Waals surface area contributed by atoms with Gasteiger partial charge in [-0.15, -0.1) is 0 Å². The lowest BCUT2D eigenvalue weighted by atomic mass is 9.84. The Balaban J connectivity index is 1.86. The Bertz CT molecular complexity index is 848. The number of nitrogens with zero attached hydrogens (tertiary/aromatic N) is 1. The fourth-order valence-corrected chi connectivity index (χ4v) is 6.67. The number of carbonyl (C=O) groups is 4. The molecule has 0 bridgehead atoms. The zero-order valence-electron chi connectivity index (χ0n) is 25.0. The van der Waals surface area contributed by atoms with Gasteiger partial charge in [-0.05, 0) is 50.4 Å². The minimum Gasteiger partial charge on any atom is -0.460 e. The van der Waals surface area contributed by atoms with Crippen LogP contribution in [-0.4, -0.2) is 58.9 Å². The molecule has 1 aliphatic carbocycles. The molecule has 3 amide bonds. The molecule has 0 radical (unpaired) electrons. The largest absolute Gasteiger partial charge is 0.460 e. The summed E-state index contributed by atoms with van der Waals surface area (Å²) in [6.07, 6.45) is 12.8. The predicted molar refractivity (Wildman–Crippen MR) is 152 cm³/mol. The average molecular weight is 548 g/mol. The zero-order chi connectivity index (χ0) is 28.5. The molecule has 0 aromatic heterocycles. The number of hydrogen-bond donors (Lipinski definition) is 2. The van der Waals surface area contributed by atoms with Crippen LogP contribution in [0.15, 0.2) is 0 Å². The maximum atomic E-state index is 14.0. The highest BCUT2D eigenvalue weighted by molar-refractivity contribution is 5.94. The summed E-state index contributed by atoms with van der Waals surface area (Å²) in [5, 5.41) is 5.70. The van der Waals surface area contributed by atoms with Crippen LogP contribution in [0.3, 0.4) is 0 Å². The number of ether oxygens (including phenoxy) is 1. The summed E-state index contributed by atoms with van der Waals surface area (Å²) in [5.74, 6) is -1.13. The fraction of sp³-hybridized carbons (Fsp3) is 0.871. The van der Waals surface area contributed by atoms with Gasteiger partial charge in [-0.25, -0.2) is 4.79 Å². The minimum absolute atomic E-state index is 0.00144. The van der Waals surface area contributed by atoms with Crippen LogP contribution in [0.5, 0.6) is 0 Å². The SMILES string of the molecule is CCCCCCCCC(C)C1CC(=O)N2C(CC3CCCCC32)C(=O)NC(C)C(=O)NC(C(C)CC)C(=O)O1. The topological polar surface area (TPSA) is 105 Å². The van der Waals surface area contributed by atoms with Gasteiger partial charge in [-0.3, -0.25) is 14.4 Å². The van der Waals surface area contributed by atoms with E-state index in [-0.39, 0.29) is 36.1 Å². The van der Waals surface area contributed by atoms with Gasteiger partial charge in [0.15, 0.2) is 0 Å². The van der Waals surface area contributed by atoms with Gasteiger partial charge in [-0.2, -0.15) is 0 Å². The van der Waals surface area contributed by atoms with Crippen LogP contribution < -0.4 is 10.6 Å². The van der Waals surface area contributed by atoms with Crippen molar-refractivity contribution in [2.45, 2.75) is 155 Å². The van der Waals surface area contributed by atoms with E-state index in [1.807, 2.05) is 13.8 Å². The van der Waals surface area contributed by atoms with Crippen LogP contribution in [-0.2, 0) is 23.9 Å². The van der Waals surface area contributed by atoms with E-state index < -0.39 is 36.1 Å². The van der Waals surface area contributed by atoms with Crippen molar-refractivity contribution in [3.8, 4) is 0 Å². The maximum Gasteiger partial charge on any atom is 0.329 e. The molecule has 8 heteroatoms. The molecule has 2 N–H and O–H groups in total. The third-order valence-electron chi connectivity index (χ3n) is 9.49. The zero-order valence-corrected chi connectivity index (χ0v) is 25.0. The van der Waals surface area contributed by atoms with Crippen molar-refractivity contribution < 1.29 is 23.9 Å². The first-order valence-electron chi connectivity index (χ1n) is 15.8. The van der Waals surface area contributed by atoms with Crippen molar-refractivity contribution >= 4 is 23.7 Å². The first-order valence-corrected chi connectivity index (χ1v) is 15.8. The molecule has 2 saturated heterocycles. The smallest absolute Gasteiger partial charge is 0.329 e. The van der Waals surface area contributed by atoms with Crippen molar-refractivity contribution in [3.05, 3.63) is 0 Å². The van der Waals surface area contributed by atoms with Crippen molar-refractivity contribution in [2.75, 3.05) is 0 Å². The Morgan fingerprint density at radius 3 is 2.31 bits per heavy atom. The standard InChI is InChI=1S/C31H53N3O5/c1-6-8-9-10-11-12-15-21(4)26-19-27(35)34-24-17-14-13-16-23(24)18-25(34)30(37)32-22(5)29(36)33-28(20(3)7-2)31(38)39-26/h20-26,28H,6-19H2,1-5H3,(H,32,37)(H,33,36). The van der Waals surface area contributed by atoms with Crippen LogP contribution in [0.2, 0.25) is 0 Å². The number of carbonyl (C=O) groups excluding carboxylic acids is 4. The number of rotatable bonds is 10. The predicted octanol–water partition coefficient (Wildman–Crippen LogP) is 4.88. The van der Waals surface area contributed by atoms with Crippen LogP contribution in [0.25, 0.3) is 0 Å². The van der Waals surface area contributed by atoms with E-state index in [4.69, 9.17) is 4.74 Å². The second kappa shape index (κ2) is 15.0. The summed E-state index contributed by atoms with van der Waals surface area (Å²) in [7, 11) is 0. The molecular weight excluding hydrogens is 494 g/mol. The molecule has 0 aromatic rings. The van der Waals surface area contributed by atoms with Crippen LogP contribution in [0.4, 0.5) is 0 Å². The molecule has 3 fully saturated rings. The van der Waals surface area contributed by atoms with Gasteiger partial charge in [0, 0.05) is 6.04 Å². The Labute approximate surface area is 235 Å². The summed E-state index contributed by atoms with van der Waals surface area (Å²) < 4.78 is 6.12. The van der Waals surface area contributed by atoms with E-state index in [9.17, 15) is 19.2 Å². The van der Waals surface area contributed by atoms with E-state index in [1.165, 1.54) is 25.7 Å². The highest BCUT2D eigenvalue weighted by Gasteiger charge is 2.48. The van der Waals surface area contributed by atoms with Crippen molar-refractivity contribution in [2.24, 2.45) is 17.8 Å². The number of amides is 3. The van der Waals surface area contributed by atoms with E-state index >= 15 is 0 Å². The first kappa shape index (κ1) is 31.4. The van der Waals surface area contributed by atoms with Gasteiger partial charge in [-0.1, -0.05) is 85.5 Å². The highest BCUT2D eigenvalue weighted by atomic mass is 16.5. The summed E-state index contributed by atoms with van der Waals surface area (Å²) in [4.78, 5) is 55.8. The molecule has 39 heavy (non-hydrogen) atoms. The molecule has 2 aliphatic heterocycles. The number of unbranched alkanes of at least 4 members (excludes halogenated alkanes) is 5. The number of hydrogen-bond acceptors (Lipinski definition) is 5. The summed E-state index contributed by atoms with van der Waals surface area (Å²) >= 11 is 0. The van der Waals surface area contributed by atoms with Gasteiger partial charge < -0.3 is 20.3 Å². The first-order chi connectivity index (χ1) is 18.7. The normalized spacial score (nSPS) is 32.0. The number of fused-ring (bicyclic) bond motifs is 3. The fourth-order valence-electron chi connectivity index (χ4n) is 6.67. The van der Waals surface area contributed by atoms with Crippen LogP contribution >= 0.6 is 0 Å². The molecule has 3 rings (SSSR count). The molecule has 2 heterocycles. The van der Waals surface area contributed by atoms with Gasteiger partial charge in [0.25, 0.3) is 0 Å². The molecule has 222 valence electrons. The summed E-state index contributed by atoms with van der Waals surface area (Å²) in [6, 6.07) is -2.20. The van der Waals surface area contributed by atoms with Crippen molar-refractivity contribution in [3.63, 3.8) is 0 Å². The van der Waals surface area contributed by atoms with Crippen LogP contribution in [0.1, 0.15) is 125 Å². The second-order valence-electron chi connectivity index (χ2n) is 12.5. The molecule has 8 unspecified atom stereocenters. The Morgan fingerprint density at radius 2 is 1.59 bits per heavy atom. The van der Waals surface area contributed by atoms with Gasteiger partial charge in [0.05, 0.1) is 6.42 Å². The lowest BCUT2D eigenvalue weighted by molar-refractivity contribution is -0.160. The van der Waals surface area contributed by atoms with Crippen molar-refractivity contribution in [1.82, 2.24) is 15.5 Å². The van der Waals surface area contributed by atoms with E-state index in [1.54, 1.807) is 11.8 Å². The monoisotopic (exact) mass is 547 g/mol. The van der Waals surface area contributed by atoms with Crippen molar-refractivity contribution in [1.29, 1.82) is 0 Å². The molecule has 3 aliphatic rings. The number of cyclic esters (lactones) is 1. The Morgan fingerprint density at radius 1 is 0.897 bits per heavy atom. The van der Waals surface area contributed by atoms with Gasteiger partial charge >= 0.3 is 5.97 Å². The Hall–Kier alpha value is -2.12. The molecular formula is C31H53N3O5. The highest BCUT2D eigenvalue weighted by Crippen LogP contribution is 2.40. The van der Waals surface area contributed by atoms with E-state index in [0.29, 0.717) is 18.8 Å². The third-order valence-corrected chi connectivity index (χ3v) is 9.49. The number of esters is 1. The molecule has 1 saturated carbocycles. The molecule has 0 aromatic carbocycles. The van der Waals surface area contributed by atoms with E-state index in [2.05, 4.69) is 24.5 Å². The molecule has 8 nitrogen and oxygen atoms in total. The number of nitrogens with one attached hydrogen (secondary N) is 2.